The summed E-state index contributed by atoms with van der Waals surface area (Å²) in [5.41, 5.74) is 2.16. The van der Waals surface area contributed by atoms with E-state index in [1.54, 1.807) is 12.1 Å². The van der Waals surface area contributed by atoms with Gasteiger partial charge >= 0.3 is 0 Å². The first-order valence-corrected chi connectivity index (χ1v) is 11.9. The van der Waals surface area contributed by atoms with E-state index in [1.165, 1.54) is 0 Å². The number of hydrogen-bond donors (Lipinski definition) is 1. The number of morpholine rings is 1. The molecule has 158 valence electrons. The van der Waals surface area contributed by atoms with Gasteiger partial charge in [0.2, 0.25) is 0 Å². The number of carbonyl (C=O) groups is 1. The van der Waals surface area contributed by atoms with Crippen molar-refractivity contribution < 1.29 is 17.9 Å². The van der Waals surface area contributed by atoms with Crippen LogP contribution >= 0.6 is 0 Å². The van der Waals surface area contributed by atoms with Crippen LogP contribution in [0.4, 0.5) is 0 Å². The normalized spacial score (nSPS) is 23.3. The SMILES string of the molecule is Cc1nc2cc(C(=O)N[C@H](C)CN3CCOCC3)ccc2n1[C@H]1CCS(=O)(=O)C1. The Bertz CT molecular complexity index is 1010. The van der Waals surface area contributed by atoms with Gasteiger partial charge in [0.05, 0.1) is 41.8 Å². The number of rotatable bonds is 5. The number of hydrogen-bond acceptors (Lipinski definition) is 6. The van der Waals surface area contributed by atoms with Crippen LogP contribution in [0.15, 0.2) is 18.2 Å². The summed E-state index contributed by atoms with van der Waals surface area (Å²) in [5.74, 6) is 1.03. The lowest BCUT2D eigenvalue weighted by Crippen LogP contribution is -2.46. The van der Waals surface area contributed by atoms with Crippen molar-refractivity contribution in [3.8, 4) is 0 Å². The average molecular weight is 421 g/mol. The van der Waals surface area contributed by atoms with Gasteiger partial charge < -0.3 is 14.6 Å². The number of aryl methyl sites for hydroxylation is 1. The van der Waals surface area contributed by atoms with Crippen LogP contribution in [0.5, 0.6) is 0 Å². The summed E-state index contributed by atoms with van der Waals surface area (Å²) in [6.45, 7) is 7.93. The van der Waals surface area contributed by atoms with Crippen molar-refractivity contribution in [2.45, 2.75) is 32.4 Å². The van der Waals surface area contributed by atoms with E-state index in [4.69, 9.17) is 4.74 Å². The fourth-order valence-electron chi connectivity index (χ4n) is 4.32. The molecule has 2 aliphatic rings. The number of ether oxygens (including phenoxy) is 1. The minimum Gasteiger partial charge on any atom is -0.379 e. The summed E-state index contributed by atoms with van der Waals surface area (Å²) in [4.78, 5) is 19.6. The zero-order valence-corrected chi connectivity index (χ0v) is 17.7. The molecule has 2 aliphatic heterocycles. The molecule has 2 aromatic rings. The Morgan fingerprint density at radius 3 is 2.79 bits per heavy atom. The van der Waals surface area contributed by atoms with Crippen LogP contribution in [0.25, 0.3) is 11.0 Å². The van der Waals surface area contributed by atoms with E-state index < -0.39 is 9.84 Å². The Balaban J connectivity index is 1.48. The quantitative estimate of drug-likeness (QED) is 0.780. The molecule has 1 aromatic heterocycles. The molecule has 1 aromatic carbocycles. The third kappa shape index (κ3) is 4.46. The molecule has 0 aliphatic carbocycles. The number of benzene rings is 1. The van der Waals surface area contributed by atoms with E-state index in [0.29, 0.717) is 12.0 Å². The Morgan fingerprint density at radius 2 is 2.10 bits per heavy atom. The average Bonchev–Trinajstić information content (AvgIpc) is 3.19. The maximum Gasteiger partial charge on any atom is 0.251 e. The molecule has 29 heavy (non-hydrogen) atoms. The first kappa shape index (κ1) is 20.3. The van der Waals surface area contributed by atoms with Crippen LogP contribution in [0.3, 0.4) is 0 Å². The molecule has 0 unspecified atom stereocenters. The number of fused-ring (bicyclic) bond motifs is 1. The van der Waals surface area contributed by atoms with Crippen LogP contribution in [0, 0.1) is 6.92 Å². The molecular formula is C20H28N4O4S. The van der Waals surface area contributed by atoms with Crippen molar-refractivity contribution in [1.82, 2.24) is 19.8 Å². The monoisotopic (exact) mass is 420 g/mol. The zero-order chi connectivity index (χ0) is 20.6. The van der Waals surface area contributed by atoms with Gasteiger partial charge in [-0.3, -0.25) is 9.69 Å². The van der Waals surface area contributed by atoms with Gasteiger partial charge in [0.15, 0.2) is 9.84 Å². The fourth-order valence-corrected chi connectivity index (χ4v) is 6.02. The van der Waals surface area contributed by atoms with Gasteiger partial charge in [0.25, 0.3) is 5.91 Å². The summed E-state index contributed by atoms with van der Waals surface area (Å²) in [5, 5.41) is 3.06. The highest BCUT2D eigenvalue weighted by atomic mass is 32.2. The molecule has 0 saturated carbocycles. The molecule has 3 heterocycles. The number of amides is 1. The number of sulfone groups is 1. The van der Waals surface area contributed by atoms with Gasteiger partial charge in [-0.25, -0.2) is 13.4 Å². The van der Waals surface area contributed by atoms with Crippen molar-refractivity contribution in [3.63, 3.8) is 0 Å². The standard InChI is InChI=1S/C20H28N4O4S/c1-14(12-23-6-8-28-9-7-23)21-20(25)16-3-4-19-18(11-16)22-15(2)24(19)17-5-10-29(26,27)13-17/h3-4,11,14,17H,5-10,12-13H2,1-2H3,(H,21,25)/t14-,17+/m1/s1. The molecule has 9 heteroatoms. The Kier molecular flexibility index (Phi) is 5.63. The molecule has 2 saturated heterocycles. The molecule has 0 spiro atoms. The van der Waals surface area contributed by atoms with Crippen molar-refractivity contribution in [2.75, 3.05) is 44.4 Å². The molecule has 2 atom stereocenters. The molecule has 2 fully saturated rings. The molecule has 0 bridgehead atoms. The minimum absolute atomic E-state index is 0.0271. The molecule has 0 radical (unpaired) electrons. The number of nitrogens with one attached hydrogen (secondary N) is 1. The lowest BCUT2D eigenvalue weighted by atomic mass is 10.1. The summed E-state index contributed by atoms with van der Waals surface area (Å²) in [6.07, 6.45) is 0.607. The zero-order valence-electron chi connectivity index (χ0n) is 16.9. The van der Waals surface area contributed by atoms with E-state index in [9.17, 15) is 13.2 Å². The second-order valence-electron chi connectivity index (χ2n) is 8.08. The van der Waals surface area contributed by atoms with Gasteiger partial charge in [-0.05, 0) is 38.5 Å². The van der Waals surface area contributed by atoms with Crippen LogP contribution in [-0.2, 0) is 14.6 Å². The molecular weight excluding hydrogens is 392 g/mol. The lowest BCUT2D eigenvalue weighted by Gasteiger charge is -2.29. The Hall–Kier alpha value is -1.97. The van der Waals surface area contributed by atoms with Gasteiger partial charge in [-0.1, -0.05) is 0 Å². The van der Waals surface area contributed by atoms with E-state index >= 15 is 0 Å². The lowest BCUT2D eigenvalue weighted by molar-refractivity contribution is 0.0342. The van der Waals surface area contributed by atoms with E-state index in [2.05, 4.69) is 15.2 Å². The highest BCUT2D eigenvalue weighted by molar-refractivity contribution is 7.91. The van der Waals surface area contributed by atoms with E-state index in [0.717, 1.165) is 49.7 Å². The first-order valence-electron chi connectivity index (χ1n) is 10.1. The summed E-state index contributed by atoms with van der Waals surface area (Å²) in [6, 6.07) is 5.40. The van der Waals surface area contributed by atoms with Crippen LogP contribution < -0.4 is 5.32 Å². The smallest absolute Gasteiger partial charge is 0.251 e. The molecule has 1 N–H and O–H groups in total. The predicted octanol–water partition coefficient (Wildman–Crippen LogP) is 1.15. The van der Waals surface area contributed by atoms with E-state index in [-0.39, 0.29) is 29.5 Å². The largest absolute Gasteiger partial charge is 0.379 e. The number of imidazole rings is 1. The van der Waals surface area contributed by atoms with Crippen molar-refractivity contribution >= 4 is 26.8 Å². The number of aromatic nitrogens is 2. The summed E-state index contributed by atoms with van der Waals surface area (Å²) < 4.78 is 31.1. The maximum atomic E-state index is 12.7. The Morgan fingerprint density at radius 1 is 1.34 bits per heavy atom. The number of carbonyl (C=O) groups excluding carboxylic acids is 1. The molecule has 8 nitrogen and oxygen atoms in total. The summed E-state index contributed by atoms with van der Waals surface area (Å²) >= 11 is 0. The van der Waals surface area contributed by atoms with Crippen LogP contribution in [0.1, 0.15) is 35.6 Å². The third-order valence-corrected chi connectivity index (χ3v) is 7.47. The van der Waals surface area contributed by atoms with Gasteiger partial charge in [0, 0.05) is 31.2 Å². The highest BCUT2D eigenvalue weighted by Crippen LogP contribution is 2.29. The van der Waals surface area contributed by atoms with Crippen molar-refractivity contribution in [3.05, 3.63) is 29.6 Å². The van der Waals surface area contributed by atoms with Crippen molar-refractivity contribution in [2.24, 2.45) is 0 Å². The topological polar surface area (TPSA) is 93.5 Å². The fraction of sp³-hybridized carbons (Fsp3) is 0.600. The van der Waals surface area contributed by atoms with Gasteiger partial charge in [-0.2, -0.15) is 0 Å². The summed E-state index contributed by atoms with van der Waals surface area (Å²) in [7, 11) is -2.98. The second kappa shape index (κ2) is 8.04. The van der Waals surface area contributed by atoms with Crippen LogP contribution in [0.2, 0.25) is 0 Å². The van der Waals surface area contributed by atoms with Crippen molar-refractivity contribution in [1.29, 1.82) is 0 Å². The molecule has 4 rings (SSSR count). The third-order valence-electron chi connectivity index (χ3n) is 5.71. The first-order chi connectivity index (χ1) is 13.8. The van der Waals surface area contributed by atoms with Gasteiger partial charge in [0.1, 0.15) is 5.82 Å². The minimum atomic E-state index is -2.98. The van der Waals surface area contributed by atoms with E-state index in [1.807, 2.05) is 24.5 Å². The van der Waals surface area contributed by atoms with Crippen LogP contribution in [-0.4, -0.2) is 79.2 Å². The number of nitrogens with zero attached hydrogens (tertiary/aromatic N) is 3. The predicted molar refractivity (Wildman–Crippen MR) is 111 cm³/mol. The second-order valence-corrected chi connectivity index (χ2v) is 10.3. The highest BCUT2D eigenvalue weighted by Gasteiger charge is 2.31. The van der Waals surface area contributed by atoms with Gasteiger partial charge in [-0.15, -0.1) is 0 Å². The Labute approximate surface area is 171 Å². The maximum absolute atomic E-state index is 12.7. The molecule has 1 amide bonds.